The predicted molar refractivity (Wildman–Crippen MR) is 96.9 cm³/mol. The molecule has 4 N–H and O–H groups in total. The summed E-state index contributed by atoms with van der Waals surface area (Å²) in [5, 5.41) is 17.1. The van der Waals surface area contributed by atoms with Gasteiger partial charge in [0.05, 0.1) is 0 Å². The molecule has 0 saturated heterocycles. The van der Waals surface area contributed by atoms with Crippen LogP contribution in [-0.2, 0) is 27.2 Å². The smallest absolute Gasteiger partial charge is 0.326 e. The summed E-state index contributed by atoms with van der Waals surface area (Å²) in [6, 6.07) is 3.21. The molecule has 2 heterocycles. The number of aliphatic carboxylic acids is 1. The summed E-state index contributed by atoms with van der Waals surface area (Å²) in [6.45, 7) is 1.18. The van der Waals surface area contributed by atoms with Gasteiger partial charge in [-0.2, -0.15) is 0 Å². The molecule has 2 rings (SSSR count). The fourth-order valence-corrected chi connectivity index (χ4v) is 2.90. The highest BCUT2D eigenvalue weighted by atomic mass is 16.4. The second-order valence-corrected chi connectivity index (χ2v) is 6.36. The van der Waals surface area contributed by atoms with Crippen molar-refractivity contribution in [2.24, 2.45) is 0 Å². The summed E-state index contributed by atoms with van der Waals surface area (Å²) >= 11 is 0. The number of carboxylic acids is 1. The number of rotatable bonds is 11. The third-order valence-electron chi connectivity index (χ3n) is 4.36. The van der Waals surface area contributed by atoms with Crippen LogP contribution in [0.15, 0.2) is 12.1 Å². The second kappa shape index (κ2) is 10.4. The second-order valence-electron chi connectivity index (χ2n) is 6.36. The van der Waals surface area contributed by atoms with Gasteiger partial charge in [0.25, 0.3) is 0 Å². The number of aryl methyl sites for hydroxylation is 2. The molecule has 0 spiro atoms. The maximum Gasteiger partial charge on any atom is 0.326 e. The topological polar surface area (TPSA) is 120 Å². The standard InChI is InChI=1S/C18H26N4O4/c23-12-21-15(18(25)26)9-11-19-16(24)6-2-1-5-14-8-7-13-4-3-10-20-17(13)22-14/h7-8,12,15H,1-6,9-11H2,(H,19,24)(H,20,22)(H,21,23)(H,25,26). The summed E-state index contributed by atoms with van der Waals surface area (Å²) in [6.07, 6.45) is 5.55. The first-order valence-corrected chi connectivity index (χ1v) is 9.02. The van der Waals surface area contributed by atoms with Gasteiger partial charge in [0.2, 0.25) is 12.3 Å². The molecular formula is C18H26N4O4. The van der Waals surface area contributed by atoms with Gasteiger partial charge in [-0.15, -0.1) is 0 Å². The van der Waals surface area contributed by atoms with Crippen LogP contribution in [0.4, 0.5) is 5.82 Å². The lowest BCUT2D eigenvalue weighted by molar-refractivity contribution is -0.140. The van der Waals surface area contributed by atoms with E-state index in [0.717, 1.165) is 50.2 Å². The summed E-state index contributed by atoms with van der Waals surface area (Å²) < 4.78 is 0. The molecule has 1 aliphatic rings. The van der Waals surface area contributed by atoms with Crippen LogP contribution >= 0.6 is 0 Å². The average Bonchev–Trinajstić information content (AvgIpc) is 2.64. The molecule has 0 aromatic carbocycles. The van der Waals surface area contributed by atoms with E-state index in [1.807, 2.05) is 0 Å². The van der Waals surface area contributed by atoms with Crippen molar-refractivity contribution in [3.05, 3.63) is 23.4 Å². The number of hydrogen-bond donors (Lipinski definition) is 4. The molecule has 0 fully saturated rings. The number of carbonyl (C=O) groups is 3. The Morgan fingerprint density at radius 3 is 2.96 bits per heavy atom. The van der Waals surface area contributed by atoms with Crippen molar-refractivity contribution < 1.29 is 19.5 Å². The van der Waals surface area contributed by atoms with E-state index in [1.54, 1.807) is 0 Å². The van der Waals surface area contributed by atoms with Crippen molar-refractivity contribution >= 4 is 24.1 Å². The van der Waals surface area contributed by atoms with Crippen molar-refractivity contribution in [2.75, 3.05) is 18.4 Å². The van der Waals surface area contributed by atoms with Crippen LogP contribution in [0.2, 0.25) is 0 Å². The number of aromatic nitrogens is 1. The minimum absolute atomic E-state index is 0.111. The van der Waals surface area contributed by atoms with Crippen LogP contribution in [0.25, 0.3) is 0 Å². The molecule has 8 heteroatoms. The first-order chi connectivity index (χ1) is 12.6. The predicted octanol–water partition coefficient (Wildman–Crippen LogP) is 0.858. The van der Waals surface area contributed by atoms with Crippen molar-refractivity contribution in [1.29, 1.82) is 0 Å². The molecule has 1 unspecified atom stereocenters. The summed E-state index contributed by atoms with van der Waals surface area (Å²) in [5.41, 5.74) is 2.30. The molecule has 26 heavy (non-hydrogen) atoms. The molecule has 1 aromatic heterocycles. The molecule has 142 valence electrons. The van der Waals surface area contributed by atoms with Gasteiger partial charge in [0.1, 0.15) is 11.9 Å². The Labute approximate surface area is 152 Å². The van der Waals surface area contributed by atoms with Crippen molar-refractivity contribution in [1.82, 2.24) is 15.6 Å². The lowest BCUT2D eigenvalue weighted by Crippen LogP contribution is -2.39. The van der Waals surface area contributed by atoms with E-state index in [0.29, 0.717) is 12.8 Å². The normalized spacial score (nSPS) is 13.8. The molecule has 0 aliphatic carbocycles. The van der Waals surface area contributed by atoms with Gasteiger partial charge in [0.15, 0.2) is 0 Å². The quantitative estimate of drug-likeness (QED) is 0.342. The zero-order chi connectivity index (χ0) is 18.8. The molecule has 1 atom stereocenters. The number of amides is 2. The van der Waals surface area contributed by atoms with Crippen molar-refractivity contribution in [3.63, 3.8) is 0 Å². The van der Waals surface area contributed by atoms with Gasteiger partial charge in [-0.3, -0.25) is 9.59 Å². The van der Waals surface area contributed by atoms with E-state index in [-0.39, 0.29) is 18.9 Å². The molecular weight excluding hydrogens is 336 g/mol. The Bertz CT molecular complexity index is 636. The Morgan fingerprint density at radius 1 is 1.35 bits per heavy atom. The Hall–Kier alpha value is -2.64. The van der Waals surface area contributed by atoms with E-state index in [1.165, 1.54) is 5.56 Å². The minimum Gasteiger partial charge on any atom is -0.480 e. The van der Waals surface area contributed by atoms with Gasteiger partial charge in [0, 0.05) is 25.2 Å². The highest BCUT2D eigenvalue weighted by Gasteiger charge is 2.16. The fourth-order valence-electron chi connectivity index (χ4n) is 2.90. The van der Waals surface area contributed by atoms with Gasteiger partial charge in [-0.05, 0) is 50.2 Å². The summed E-state index contributed by atoms with van der Waals surface area (Å²) in [7, 11) is 0. The van der Waals surface area contributed by atoms with Crippen LogP contribution < -0.4 is 16.0 Å². The number of unbranched alkanes of at least 4 members (excludes halogenated alkanes) is 1. The largest absolute Gasteiger partial charge is 0.480 e. The first-order valence-electron chi connectivity index (χ1n) is 9.02. The fraction of sp³-hybridized carbons (Fsp3) is 0.556. The van der Waals surface area contributed by atoms with E-state index < -0.39 is 12.0 Å². The van der Waals surface area contributed by atoms with Crippen LogP contribution in [-0.4, -0.2) is 47.5 Å². The maximum absolute atomic E-state index is 11.8. The van der Waals surface area contributed by atoms with Gasteiger partial charge in [-0.25, -0.2) is 9.78 Å². The number of fused-ring (bicyclic) bond motifs is 1. The highest BCUT2D eigenvalue weighted by Crippen LogP contribution is 2.20. The lowest BCUT2D eigenvalue weighted by atomic mass is 10.1. The Kier molecular flexibility index (Phi) is 7.85. The molecule has 1 aliphatic heterocycles. The minimum atomic E-state index is -1.11. The van der Waals surface area contributed by atoms with Crippen LogP contribution in [0, 0.1) is 0 Å². The van der Waals surface area contributed by atoms with Gasteiger partial charge >= 0.3 is 5.97 Å². The number of carboxylic acid groups (broad SMARTS) is 1. The molecule has 8 nitrogen and oxygen atoms in total. The van der Waals surface area contributed by atoms with Crippen molar-refractivity contribution in [3.8, 4) is 0 Å². The van der Waals surface area contributed by atoms with Gasteiger partial charge in [-0.1, -0.05) is 6.07 Å². The monoisotopic (exact) mass is 362 g/mol. The van der Waals surface area contributed by atoms with E-state index in [2.05, 4.69) is 33.1 Å². The van der Waals surface area contributed by atoms with Crippen molar-refractivity contribution in [2.45, 2.75) is 51.0 Å². The number of pyridine rings is 1. The number of nitrogens with one attached hydrogen (secondary N) is 3. The Morgan fingerprint density at radius 2 is 2.19 bits per heavy atom. The Balaban J connectivity index is 1.61. The zero-order valence-electron chi connectivity index (χ0n) is 14.8. The van der Waals surface area contributed by atoms with E-state index >= 15 is 0 Å². The number of nitrogens with zero attached hydrogens (tertiary/aromatic N) is 1. The van der Waals surface area contributed by atoms with Crippen LogP contribution in [0.1, 0.15) is 43.4 Å². The van der Waals surface area contributed by atoms with Crippen LogP contribution in [0.3, 0.4) is 0 Å². The third-order valence-corrected chi connectivity index (χ3v) is 4.36. The SMILES string of the molecule is O=CNC(CCNC(=O)CCCCc1ccc2c(n1)NCCC2)C(=O)O. The zero-order valence-corrected chi connectivity index (χ0v) is 14.8. The molecule has 0 bridgehead atoms. The van der Waals surface area contributed by atoms with E-state index in [9.17, 15) is 14.4 Å². The number of anilines is 1. The highest BCUT2D eigenvalue weighted by molar-refractivity contribution is 5.77. The summed E-state index contributed by atoms with van der Waals surface area (Å²) in [5.74, 6) is -0.234. The van der Waals surface area contributed by atoms with E-state index in [4.69, 9.17) is 5.11 Å². The molecule has 2 amide bonds. The molecule has 0 radical (unpaired) electrons. The lowest BCUT2D eigenvalue weighted by Gasteiger charge is -2.17. The first kappa shape index (κ1) is 19.7. The van der Waals surface area contributed by atoms with Crippen LogP contribution in [0.5, 0.6) is 0 Å². The maximum atomic E-state index is 11.8. The molecule has 0 saturated carbocycles. The number of hydrogen-bond acceptors (Lipinski definition) is 5. The summed E-state index contributed by atoms with van der Waals surface area (Å²) in [4.78, 5) is 37.6. The van der Waals surface area contributed by atoms with Gasteiger partial charge < -0.3 is 21.1 Å². The average molecular weight is 362 g/mol. The molecule has 1 aromatic rings. The third kappa shape index (κ3) is 6.34. The number of carbonyl (C=O) groups excluding carboxylic acids is 2.